The first kappa shape index (κ1) is 47.9. The summed E-state index contributed by atoms with van der Waals surface area (Å²) in [6.07, 6.45) is 21.8. The lowest BCUT2D eigenvalue weighted by molar-refractivity contribution is -0.146. The van der Waals surface area contributed by atoms with E-state index in [9.17, 15) is 9.59 Å². The van der Waals surface area contributed by atoms with Crippen LogP contribution in [-0.4, -0.2) is 63.4 Å². The van der Waals surface area contributed by atoms with E-state index in [1.165, 1.54) is 57.8 Å². The van der Waals surface area contributed by atoms with Gasteiger partial charge in [0.2, 0.25) is 0 Å². The number of esters is 2. The second kappa shape index (κ2) is 31.6. The second-order valence-electron chi connectivity index (χ2n) is 16.9. The molecule has 0 radical (unpaired) electrons. The van der Waals surface area contributed by atoms with Gasteiger partial charge in [-0.15, -0.1) is 0 Å². The highest BCUT2D eigenvalue weighted by atomic mass is 16.5. The minimum atomic E-state index is -0.0230. The van der Waals surface area contributed by atoms with Gasteiger partial charge < -0.3 is 19.1 Å². The Morgan fingerprint density at radius 1 is 0.490 bits per heavy atom. The maximum absolute atomic E-state index is 12.3. The maximum atomic E-state index is 12.3. The molecular weight excluding hydrogens is 610 g/mol. The second-order valence-corrected chi connectivity index (χ2v) is 16.9. The van der Waals surface area contributed by atoms with E-state index in [0.29, 0.717) is 67.7 Å². The Morgan fingerprint density at radius 2 is 0.898 bits per heavy atom. The predicted molar refractivity (Wildman–Crippen MR) is 209 cm³/mol. The fraction of sp³-hybridized carbons (Fsp3) is 0.953. The molecule has 2 unspecified atom stereocenters. The third-order valence-electron chi connectivity index (χ3n) is 10.2. The Labute approximate surface area is 305 Å². The van der Waals surface area contributed by atoms with Crippen LogP contribution in [0.4, 0.5) is 0 Å². The molecule has 0 aromatic rings. The zero-order valence-electron chi connectivity index (χ0n) is 34.5. The topological polar surface area (TPSA) is 65.1 Å². The highest BCUT2D eigenvalue weighted by Gasteiger charge is 2.18. The number of hydrogen-bond acceptors (Lipinski definition) is 6. The van der Waals surface area contributed by atoms with Crippen molar-refractivity contribution in [2.45, 2.75) is 190 Å². The number of hydrogen-bond donors (Lipinski definition) is 0. The molecule has 0 N–H and O–H groups in total. The van der Waals surface area contributed by atoms with E-state index < -0.39 is 0 Å². The fourth-order valence-corrected chi connectivity index (χ4v) is 6.29. The highest BCUT2D eigenvalue weighted by molar-refractivity contribution is 5.69. The van der Waals surface area contributed by atoms with Crippen LogP contribution in [0.3, 0.4) is 0 Å². The lowest BCUT2D eigenvalue weighted by atomic mass is 9.89. The molecule has 6 nitrogen and oxygen atoms in total. The number of nitrogens with zero attached hydrogens (tertiary/aromatic N) is 1. The van der Waals surface area contributed by atoms with Gasteiger partial charge >= 0.3 is 11.9 Å². The summed E-state index contributed by atoms with van der Waals surface area (Å²) in [5, 5.41) is 0. The SMILES string of the molecule is CC(C)CCC(COC(=O)CCCCCCCC(CCCCCCCC(=O)OCC(CCC(C)C)C(C)C)OCCCCN(C)C)C(C)C. The molecule has 0 aliphatic heterocycles. The molecule has 2 atom stereocenters. The molecule has 0 saturated carbocycles. The first-order valence-corrected chi connectivity index (χ1v) is 20.9. The average molecular weight is 696 g/mol. The number of rotatable bonds is 34. The average Bonchev–Trinajstić information content (AvgIpc) is 3.02. The van der Waals surface area contributed by atoms with Gasteiger partial charge in [-0.1, -0.05) is 120 Å². The number of unbranched alkanes of at least 4 members (excludes halogenated alkanes) is 9. The molecule has 0 amide bonds. The van der Waals surface area contributed by atoms with Crippen LogP contribution in [0.25, 0.3) is 0 Å². The third kappa shape index (κ3) is 31.3. The van der Waals surface area contributed by atoms with Crippen LogP contribution < -0.4 is 0 Å². The van der Waals surface area contributed by atoms with Crippen LogP contribution in [0.1, 0.15) is 184 Å². The van der Waals surface area contributed by atoms with Gasteiger partial charge in [0.05, 0.1) is 19.3 Å². The van der Waals surface area contributed by atoms with E-state index in [2.05, 4.69) is 74.4 Å². The smallest absolute Gasteiger partial charge is 0.305 e. The van der Waals surface area contributed by atoms with Crippen molar-refractivity contribution in [3.63, 3.8) is 0 Å². The van der Waals surface area contributed by atoms with Crippen LogP contribution in [0.15, 0.2) is 0 Å². The summed E-state index contributed by atoms with van der Waals surface area (Å²) in [5.74, 6) is 3.38. The van der Waals surface area contributed by atoms with Crippen molar-refractivity contribution in [3.05, 3.63) is 0 Å². The molecule has 0 rings (SSSR count). The molecule has 6 heteroatoms. The Kier molecular flexibility index (Phi) is 30.8. The largest absolute Gasteiger partial charge is 0.465 e. The van der Waals surface area contributed by atoms with Gasteiger partial charge in [-0.2, -0.15) is 0 Å². The van der Waals surface area contributed by atoms with Crippen LogP contribution in [0.2, 0.25) is 0 Å². The summed E-state index contributed by atoms with van der Waals surface area (Å²) in [4.78, 5) is 26.9. The normalized spacial score (nSPS) is 13.9. The first-order valence-electron chi connectivity index (χ1n) is 20.9. The number of ether oxygens (including phenoxy) is 3. The van der Waals surface area contributed by atoms with E-state index in [1.807, 2.05) is 0 Å². The molecule has 0 aromatic carbocycles. The maximum Gasteiger partial charge on any atom is 0.305 e. The standard InChI is InChI=1S/C43H85NO5/c1-35(2)27-29-39(37(5)6)33-48-42(45)25-19-15-11-13-17-23-41(47-32-22-21-31-44(9)10)24-18-14-12-16-20-26-43(46)49-34-40(38(7)8)30-28-36(3)4/h35-41H,11-34H2,1-10H3. The first-order chi connectivity index (χ1) is 23.3. The summed E-state index contributed by atoms with van der Waals surface area (Å²) in [6, 6.07) is 0. The van der Waals surface area contributed by atoms with Crippen molar-refractivity contribution in [1.82, 2.24) is 4.90 Å². The van der Waals surface area contributed by atoms with Crippen LogP contribution in [-0.2, 0) is 23.8 Å². The van der Waals surface area contributed by atoms with E-state index in [1.54, 1.807) is 0 Å². The molecule has 0 aliphatic rings. The summed E-state index contributed by atoms with van der Waals surface area (Å²) < 4.78 is 17.7. The molecule has 49 heavy (non-hydrogen) atoms. The molecule has 292 valence electrons. The van der Waals surface area contributed by atoms with Crippen molar-refractivity contribution in [3.8, 4) is 0 Å². The molecule has 0 spiro atoms. The Bertz CT molecular complexity index is 711. The highest BCUT2D eigenvalue weighted by Crippen LogP contribution is 2.23. The van der Waals surface area contributed by atoms with E-state index in [-0.39, 0.29) is 11.9 Å². The quantitative estimate of drug-likeness (QED) is 0.0493. The van der Waals surface area contributed by atoms with Crippen molar-refractivity contribution >= 4 is 11.9 Å². The molecule has 0 aromatic heterocycles. The van der Waals surface area contributed by atoms with E-state index >= 15 is 0 Å². The summed E-state index contributed by atoms with van der Waals surface area (Å²) in [7, 11) is 4.26. The van der Waals surface area contributed by atoms with Gasteiger partial charge in [-0.3, -0.25) is 9.59 Å². The molecule has 0 bridgehead atoms. The monoisotopic (exact) mass is 696 g/mol. The minimum absolute atomic E-state index is 0.0230. The Balaban J connectivity index is 4.24. The van der Waals surface area contributed by atoms with Gasteiger partial charge in [0.25, 0.3) is 0 Å². The van der Waals surface area contributed by atoms with Crippen molar-refractivity contribution in [1.29, 1.82) is 0 Å². The summed E-state index contributed by atoms with van der Waals surface area (Å²) in [5.41, 5.74) is 0. The lowest BCUT2D eigenvalue weighted by Gasteiger charge is -2.21. The van der Waals surface area contributed by atoms with Crippen molar-refractivity contribution < 1.29 is 23.8 Å². The predicted octanol–water partition coefficient (Wildman–Crippen LogP) is 11.7. The molecule has 0 saturated heterocycles. The van der Waals surface area contributed by atoms with Crippen molar-refractivity contribution in [2.24, 2.45) is 35.5 Å². The van der Waals surface area contributed by atoms with Gasteiger partial charge in [-0.05, 0) is 108 Å². The molecule has 0 fully saturated rings. The van der Waals surface area contributed by atoms with E-state index in [0.717, 1.165) is 70.9 Å². The third-order valence-corrected chi connectivity index (χ3v) is 10.2. The number of carbonyl (C=O) groups excluding carboxylic acids is 2. The van der Waals surface area contributed by atoms with Crippen LogP contribution in [0, 0.1) is 35.5 Å². The Hall–Kier alpha value is -1.14. The van der Waals surface area contributed by atoms with Gasteiger partial charge in [0.15, 0.2) is 0 Å². The van der Waals surface area contributed by atoms with Gasteiger partial charge in [0.1, 0.15) is 0 Å². The molecule has 0 aliphatic carbocycles. The van der Waals surface area contributed by atoms with Crippen LogP contribution in [0.5, 0.6) is 0 Å². The minimum Gasteiger partial charge on any atom is -0.465 e. The lowest BCUT2D eigenvalue weighted by Crippen LogP contribution is -2.19. The fourth-order valence-electron chi connectivity index (χ4n) is 6.29. The number of carbonyl (C=O) groups is 2. The molecule has 0 heterocycles. The van der Waals surface area contributed by atoms with Crippen molar-refractivity contribution in [2.75, 3.05) is 40.5 Å². The van der Waals surface area contributed by atoms with Gasteiger partial charge in [0, 0.05) is 19.4 Å². The molecular formula is C43H85NO5. The zero-order valence-corrected chi connectivity index (χ0v) is 34.5. The zero-order chi connectivity index (χ0) is 36.9. The van der Waals surface area contributed by atoms with E-state index in [4.69, 9.17) is 14.2 Å². The summed E-state index contributed by atoms with van der Waals surface area (Å²) >= 11 is 0. The van der Waals surface area contributed by atoms with Crippen LogP contribution >= 0.6 is 0 Å². The Morgan fingerprint density at radius 3 is 1.29 bits per heavy atom. The van der Waals surface area contributed by atoms with Gasteiger partial charge in [-0.25, -0.2) is 0 Å². The summed E-state index contributed by atoms with van der Waals surface area (Å²) in [6.45, 7) is 21.1.